The molecule has 0 bridgehead atoms. The molecule has 0 saturated heterocycles. The average molecular weight is 413 g/mol. The molecule has 0 aromatic heterocycles. The van der Waals surface area contributed by atoms with Gasteiger partial charge in [0.1, 0.15) is 5.75 Å². The van der Waals surface area contributed by atoms with Gasteiger partial charge in [-0.3, -0.25) is 4.79 Å². The maximum Gasteiger partial charge on any atom is 0.314 e. The van der Waals surface area contributed by atoms with Gasteiger partial charge in [-0.2, -0.15) is 0 Å². The van der Waals surface area contributed by atoms with Gasteiger partial charge in [0.2, 0.25) is 0 Å². The zero-order valence-corrected chi connectivity index (χ0v) is 18.7. The van der Waals surface area contributed by atoms with Crippen LogP contribution < -0.4 is 4.74 Å². The number of carbonyl (C=O) groups excluding carboxylic acids is 1. The summed E-state index contributed by atoms with van der Waals surface area (Å²) in [5.74, 6) is 13.9. The van der Waals surface area contributed by atoms with Crippen LogP contribution in [0.5, 0.6) is 5.75 Å². The van der Waals surface area contributed by atoms with Crippen LogP contribution in [0.3, 0.4) is 0 Å². The topological polar surface area (TPSA) is 26.3 Å². The highest BCUT2D eigenvalue weighted by Crippen LogP contribution is 2.32. The monoisotopic (exact) mass is 412 g/mol. The number of ether oxygens (including phenoxy) is 1. The van der Waals surface area contributed by atoms with Crippen LogP contribution in [-0.2, 0) is 4.79 Å². The van der Waals surface area contributed by atoms with Crippen LogP contribution in [0.25, 0.3) is 0 Å². The lowest BCUT2D eigenvalue weighted by Crippen LogP contribution is -2.25. The lowest BCUT2D eigenvalue weighted by atomic mass is 9.80. The van der Waals surface area contributed by atoms with Crippen LogP contribution >= 0.6 is 0 Å². The van der Waals surface area contributed by atoms with Gasteiger partial charge >= 0.3 is 5.97 Å². The maximum absolute atomic E-state index is 12.5. The molecule has 0 atom stereocenters. The van der Waals surface area contributed by atoms with E-state index in [1.165, 1.54) is 19.3 Å². The summed E-state index contributed by atoms with van der Waals surface area (Å²) in [6, 6.07) is 15.4. The standard InChI is InChI=1S/C29H32O2/c1-3-5-7-23-9-11-25(12-10-23)13-14-26-17-21-28(22-18-26)31-29(30)27-19-15-24(16-20-27)8-6-4-2/h9-12,17-18,21-22,24,27H,3-4,6,8,15-16,19-20H2,1-2H3/t24-,27-. The van der Waals surface area contributed by atoms with E-state index in [0.29, 0.717) is 5.75 Å². The van der Waals surface area contributed by atoms with Crippen molar-refractivity contribution >= 4 is 5.97 Å². The van der Waals surface area contributed by atoms with E-state index in [9.17, 15) is 4.79 Å². The second-order valence-corrected chi connectivity index (χ2v) is 8.29. The molecule has 1 fully saturated rings. The van der Waals surface area contributed by atoms with Crippen molar-refractivity contribution in [2.24, 2.45) is 11.8 Å². The summed E-state index contributed by atoms with van der Waals surface area (Å²) in [4.78, 5) is 12.5. The first-order valence-corrected chi connectivity index (χ1v) is 11.6. The van der Waals surface area contributed by atoms with E-state index in [1.807, 2.05) is 55.5 Å². The second-order valence-electron chi connectivity index (χ2n) is 8.29. The quantitative estimate of drug-likeness (QED) is 0.308. The molecule has 0 heterocycles. The minimum Gasteiger partial charge on any atom is -0.426 e. The summed E-state index contributed by atoms with van der Waals surface area (Å²) in [6.45, 7) is 4.28. The lowest BCUT2D eigenvalue weighted by Gasteiger charge is -2.27. The summed E-state index contributed by atoms with van der Waals surface area (Å²) in [6.07, 6.45) is 8.93. The van der Waals surface area contributed by atoms with E-state index in [4.69, 9.17) is 4.74 Å². The third-order valence-electron chi connectivity index (χ3n) is 5.86. The minimum atomic E-state index is -0.0842. The molecule has 1 aliphatic rings. The Hall–Kier alpha value is -2.97. The molecule has 2 nitrogen and oxygen atoms in total. The number of carbonyl (C=O) groups is 1. The summed E-state index contributed by atoms with van der Waals surface area (Å²) < 4.78 is 5.63. The first kappa shape index (κ1) is 22.7. The molecule has 0 N–H and O–H groups in total. The molecule has 0 amide bonds. The fourth-order valence-electron chi connectivity index (χ4n) is 3.96. The van der Waals surface area contributed by atoms with Crippen molar-refractivity contribution in [3.05, 3.63) is 65.2 Å². The van der Waals surface area contributed by atoms with Gasteiger partial charge in [-0.25, -0.2) is 0 Å². The van der Waals surface area contributed by atoms with Crippen LogP contribution in [0.2, 0.25) is 0 Å². The maximum atomic E-state index is 12.5. The Kier molecular flexibility index (Phi) is 8.81. The van der Waals surface area contributed by atoms with E-state index in [-0.39, 0.29) is 11.9 Å². The normalized spacial score (nSPS) is 17.6. The number of esters is 1. The Bertz CT molecular complexity index is 954. The number of hydrogen-bond donors (Lipinski definition) is 0. The first-order chi connectivity index (χ1) is 15.2. The van der Waals surface area contributed by atoms with Gasteiger partial charge < -0.3 is 4.74 Å². The second kappa shape index (κ2) is 12.0. The van der Waals surface area contributed by atoms with Crippen molar-refractivity contribution in [2.75, 3.05) is 0 Å². The lowest BCUT2D eigenvalue weighted by molar-refractivity contribution is -0.140. The Morgan fingerprint density at radius 1 is 0.839 bits per heavy atom. The van der Waals surface area contributed by atoms with E-state index < -0.39 is 0 Å². The third-order valence-corrected chi connectivity index (χ3v) is 5.86. The molecule has 2 aromatic carbocycles. The average Bonchev–Trinajstić information content (AvgIpc) is 2.82. The number of hydrogen-bond acceptors (Lipinski definition) is 2. The molecule has 160 valence electrons. The van der Waals surface area contributed by atoms with Crippen LogP contribution in [0.1, 0.15) is 81.9 Å². The van der Waals surface area contributed by atoms with Gasteiger partial charge in [0, 0.05) is 23.1 Å². The molecule has 3 rings (SSSR count). The largest absolute Gasteiger partial charge is 0.426 e. The molecule has 31 heavy (non-hydrogen) atoms. The van der Waals surface area contributed by atoms with Gasteiger partial charge in [-0.1, -0.05) is 56.8 Å². The van der Waals surface area contributed by atoms with Crippen LogP contribution in [0.4, 0.5) is 0 Å². The summed E-state index contributed by atoms with van der Waals surface area (Å²) in [5, 5.41) is 0. The SMILES string of the molecule is CCC#Cc1ccc(C#Cc2ccc(OC(=O)[C@H]3CC[C@H](CCCC)CC3)cc2)cc1. The van der Waals surface area contributed by atoms with Crippen molar-refractivity contribution in [1.29, 1.82) is 0 Å². The van der Waals surface area contributed by atoms with Crippen LogP contribution in [0, 0.1) is 35.5 Å². The minimum absolute atomic E-state index is 0.0438. The fourth-order valence-corrected chi connectivity index (χ4v) is 3.96. The van der Waals surface area contributed by atoms with Gasteiger partial charge in [0.15, 0.2) is 0 Å². The van der Waals surface area contributed by atoms with Crippen molar-refractivity contribution < 1.29 is 9.53 Å². The van der Waals surface area contributed by atoms with E-state index in [2.05, 4.69) is 30.6 Å². The van der Waals surface area contributed by atoms with Gasteiger partial charge in [0.05, 0.1) is 5.92 Å². The highest BCUT2D eigenvalue weighted by Gasteiger charge is 2.27. The zero-order chi connectivity index (χ0) is 21.9. The smallest absolute Gasteiger partial charge is 0.314 e. The van der Waals surface area contributed by atoms with Crippen LogP contribution in [0.15, 0.2) is 48.5 Å². The van der Waals surface area contributed by atoms with Crippen molar-refractivity contribution in [3.63, 3.8) is 0 Å². The summed E-state index contributed by atoms with van der Waals surface area (Å²) >= 11 is 0. The summed E-state index contributed by atoms with van der Waals surface area (Å²) in [7, 11) is 0. The fraction of sp³-hybridized carbons (Fsp3) is 0.414. The number of rotatable bonds is 5. The molecule has 0 radical (unpaired) electrons. The Morgan fingerprint density at radius 3 is 1.94 bits per heavy atom. The molecule has 2 aromatic rings. The Labute approximate surface area is 187 Å². The van der Waals surface area contributed by atoms with Crippen LogP contribution in [-0.4, -0.2) is 5.97 Å². The van der Waals surface area contributed by atoms with Gasteiger partial charge in [0.25, 0.3) is 0 Å². The summed E-state index contributed by atoms with van der Waals surface area (Å²) in [5.41, 5.74) is 2.85. The third kappa shape index (κ3) is 7.34. The van der Waals surface area contributed by atoms with Crippen molar-refractivity contribution in [2.45, 2.75) is 65.2 Å². The molecule has 1 saturated carbocycles. The van der Waals surface area contributed by atoms with E-state index in [0.717, 1.165) is 54.7 Å². The molecular formula is C29H32O2. The molecule has 2 heteroatoms. The predicted molar refractivity (Wildman–Crippen MR) is 127 cm³/mol. The molecule has 0 aliphatic heterocycles. The number of unbranched alkanes of at least 4 members (excludes halogenated alkanes) is 1. The molecule has 0 unspecified atom stereocenters. The van der Waals surface area contributed by atoms with Gasteiger partial charge in [-0.05, 0) is 80.1 Å². The molecule has 0 spiro atoms. The zero-order valence-electron chi connectivity index (χ0n) is 18.7. The molecular weight excluding hydrogens is 380 g/mol. The highest BCUT2D eigenvalue weighted by atomic mass is 16.5. The van der Waals surface area contributed by atoms with Gasteiger partial charge in [-0.15, -0.1) is 0 Å². The Morgan fingerprint density at radius 2 is 1.39 bits per heavy atom. The van der Waals surface area contributed by atoms with Crippen molar-refractivity contribution in [1.82, 2.24) is 0 Å². The number of benzene rings is 2. The van der Waals surface area contributed by atoms with E-state index in [1.54, 1.807) is 0 Å². The highest BCUT2D eigenvalue weighted by molar-refractivity contribution is 5.75. The van der Waals surface area contributed by atoms with Crippen molar-refractivity contribution in [3.8, 4) is 29.4 Å². The Balaban J connectivity index is 1.50. The molecule has 1 aliphatic carbocycles. The predicted octanol–water partition coefficient (Wildman–Crippen LogP) is 6.75. The first-order valence-electron chi connectivity index (χ1n) is 11.6. The van der Waals surface area contributed by atoms with E-state index >= 15 is 0 Å².